The number of aromatic nitrogens is 1. The van der Waals surface area contributed by atoms with Crippen molar-refractivity contribution in [2.45, 2.75) is 6.92 Å². The topological polar surface area (TPSA) is 88.0 Å². The summed E-state index contributed by atoms with van der Waals surface area (Å²) in [6.45, 7) is 1.89. The third kappa shape index (κ3) is 3.65. The van der Waals surface area contributed by atoms with Crippen LogP contribution in [0.4, 0.5) is 0 Å². The first-order valence-electron chi connectivity index (χ1n) is 4.22. The number of esters is 1. The summed E-state index contributed by atoms with van der Waals surface area (Å²) in [7, 11) is 0. The Kier molecular flexibility index (Phi) is 4.97. The molecule has 0 fully saturated rings. The molecule has 6 nitrogen and oxygen atoms in total. The van der Waals surface area contributed by atoms with Crippen molar-refractivity contribution in [3.05, 3.63) is 31.1 Å². The van der Waals surface area contributed by atoms with Gasteiger partial charge in [-0.15, -0.1) is 11.3 Å². The van der Waals surface area contributed by atoms with Crippen LogP contribution in [-0.2, 0) is 9.53 Å². The van der Waals surface area contributed by atoms with Gasteiger partial charge in [0.2, 0.25) is 0 Å². The van der Waals surface area contributed by atoms with Crippen LogP contribution >= 0.6 is 27.3 Å². The lowest BCUT2D eigenvalue weighted by molar-refractivity contribution is -0.138. The van der Waals surface area contributed by atoms with E-state index in [0.717, 1.165) is 0 Å². The minimum Gasteiger partial charge on any atom is -0.462 e. The highest BCUT2D eigenvalue weighted by Crippen LogP contribution is 2.18. The fraction of sp³-hybridized carbons (Fsp3) is 0.250. The molecule has 0 amide bonds. The molecule has 84 valence electrons. The minimum absolute atomic E-state index is 0.109. The molecule has 8 heteroatoms. The van der Waals surface area contributed by atoms with Gasteiger partial charge in [-0.25, -0.2) is 9.78 Å². The van der Waals surface area contributed by atoms with Gasteiger partial charge >= 0.3 is 5.97 Å². The highest BCUT2D eigenvalue weighted by Gasteiger charge is 2.09. The van der Waals surface area contributed by atoms with E-state index in [1.165, 1.54) is 17.4 Å². The van der Waals surface area contributed by atoms with E-state index in [4.69, 9.17) is 10.3 Å². The van der Waals surface area contributed by atoms with Gasteiger partial charge in [-0.2, -0.15) is 0 Å². The highest BCUT2D eigenvalue weighted by molar-refractivity contribution is 9.11. The smallest absolute Gasteiger partial charge is 0.340 e. The minimum atomic E-state index is -0.663. The van der Waals surface area contributed by atoms with Gasteiger partial charge in [-0.3, -0.25) is 0 Å². The monoisotopic (exact) mass is 302 g/mol. The van der Waals surface area contributed by atoms with Crippen molar-refractivity contribution in [1.29, 1.82) is 0 Å². The molecule has 0 aliphatic rings. The van der Waals surface area contributed by atoms with Crippen molar-refractivity contribution in [1.82, 2.24) is 4.98 Å². The molecule has 0 aliphatic heterocycles. The molecule has 0 spiro atoms. The number of carbonyl (C=O) groups is 1. The fourth-order valence-electron chi connectivity index (χ4n) is 0.851. The van der Waals surface area contributed by atoms with Crippen molar-refractivity contribution in [2.24, 2.45) is 5.11 Å². The van der Waals surface area contributed by atoms with Crippen LogP contribution in [0, 0.1) is 0 Å². The van der Waals surface area contributed by atoms with E-state index in [-0.39, 0.29) is 12.3 Å². The number of hydrogen-bond acceptors (Lipinski definition) is 5. The predicted octanol–water partition coefficient (Wildman–Crippen LogP) is 3.12. The van der Waals surface area contributed by atoms with E-state index in [0.29, 0.717) is 9.61 Å². The van der Waals surface area contributed by atoms with Gasteiger partial charge in [0.15, 0.2) is 3.92 Å². The van der Waals surface area contributed by atoms with Crippen LogP contribution in [0.2, 0.25) is 0 Å². The van der Waals surface area contributed by atoms with Crippen LogP contribution in [0.25, 0.3) is 16.5 Å². The summed E-state index contributed by atoms with van der Waals surface area (Å²) in [6, 6.07) is 0. The summed E-state index contributed by atoms with van der Waals surface area (Å²) >= 11 is 4.55. The van der Waals surface area contributed by atoms with Gasteiger partial charge in [0.05, 0.1) is 12.3 Å². The van der Waals surface area contributed by atoms with Crippen LogP contribution in [0.3, 0.4) is 0 Å². The van der Waals surface area contributed by atoms with Gasteiger partial charge in [0.25, 0.3) is 0 Å². The third-order valence-corrected chi connectivity index (χ3v) is 2.80. The van der Waals surface area contributed by atoms with Crippen LogP contribution in [0.5, 0.6) is 0 Å². The second-order valence-corrected chi connectivity index (χ2v) is 4.60. The van der Waals surface area contributed by atoms with E-state index in [2.05, 4.69) is 30.9 Å². The van der Waals surface area contributed by atoms with Crippen molar-refractivity contribution < 1.29 is 9.53 Å². The van der Waals surface area contributed by atoms with Crippen LogP contribution in [0.15, 0.2) is 20.1 Å². The average molecular weight is 303 g/mol. The summed E-state index contributed by atoms with van der Waals surface area (Å²) in [5, 5.41) is 4.98. The lowest BCUT2D eigenvalue weighted by Gasteiger charge is -1.99. The highest BCUT2D eigenvalue weighted by atomic mass is 79.9. The molecule has 0 radical (unpaired) electrons. The number of ether oxygens (including phenoxy) is 1. The van der Waals surface area contributed by atoms with Crippen LogP contribution in [-0.4, -0.2) is 17.6 Å². The molecule has 0 aromatic carbocycles. The Bertz CT molecular complexity index is 464. The number of nitrogens with zero attached hydrogens (tertiary/aromatic N) is 4. The lowest BCUT2D eigenvalue weighted by Crippen LogP contribution is -2.05. The first-order valence-corrected chi connectivity index (χ1v) is 5.89. The average Bonchev–Trinajstić information content (AvgIpc) is 2.64. The van der Waals surface area contributed by atoms with E-state index < -0.39 is 5.97 Å². The SMILES string of the molecule is CCOC(=O)/C(=C/c1csc(Br)n1)N=[N+]=[N-]. The Morgan fingerprint density at radius 1 is 1.88 bits per heavy atom. The largest absolute Gasteiger partial charge is 0.462 e. The predicted molar refractivity (Wildman–Crippen MR) is 63.6 cm³/mol. The van der Waals surface area contributed by atoms with Gasteiger partial charge < -0.3 is 4.74 Å². The molecule has 0 saturated carbocycles. The molecule has 16 heavy (non-hydrogen) atoms. The second kappa shape index (κ2) is 6.26. The van der Waals surface area contributed by atoms with E-state index in [1.54, 1.807) is 12.3 Å². The fourth-order valence-corrected chi connectivity index (χ4v) is 1.83. The number of rotatable bonds is 4. The van der Waals surface area contributed by atoms with E-state index >= 15 is 0 Å². The normalized spacial score (nSPS) is 10.8. The molecule has 1 heterocycles. The Morgan fingerprint density at radius 3 is 3.12 bits per heavy atom. The standard InChI is InChI=1S/C8H7BrN4O2S/c1-2-15-7(14)6(12-13-10)3-5-4-16-8(9)11-5/h3-4H,2H2,1H3/b6-3-. The molecule has 1 rings (SSSR count). The first kappa shape index (κ1) is 12.7. The quantitative estimate of drug-likeness (QED) is 0.281. The van der Waals surface area contributed by atoms with Crippen molar-refractivity contribution in [2.75, 3.05) is 6.61 Å². The molecule has 0 N–H and O–H groups in total. The molecule has 0 unspecified atom stereocenters. The van der Waals surface area contributed by atoms with Gasteiger partial charge in [-0.05, 0) is 34.5 Å². The Morgan fingerprint density at radius 2 is 2.62 bits per heavy atom. The van der Waals surface area contributed by atoms with Crippen molar-refractivity contribution in [3.8, 4) is 0 Å². The Hall–Kier alpha value is -1.37. The van der Waals surface area contributed by atoms with E-state index in [1.807, 2.05) is 0 Å². The van der Waals surface area contributed by atoms with E-state index in [9.17, 15) is 4.79 Å². The molecule has 1 aromatic heterocycles. The lowest BCUT2D eigenvalue weighted by atomic mass is 10.3. The van der Waals surface area contributed by atoms with Crippen LogP contribution < -0.4 is 0 Å². The maximum Gasteiger partial charge on any atom is 0.340 e. The van der Waals surface area contributed by atoms with Crippen molar-refractivity contribution >= 4 is 39.3 Å². The number of carbonyl (C=O) groups excluding carboxylic acids is 1. The summed E-state index contributed by atoms with van der Waals surface area (Å²) in [6.07, 6.45) is 1.37. The number of hydrogen-bond donors (Lipinski definition) is 0. The van der Waals surface area contributed by atoms with Gasteiger partial charge in [0, 0.05) is 10.3 Å². The molecule has 0 aliphatic carbocycles. The number of halogens is 1. The molecule has 1 aromatic rings. The summed E-state index contributed by atoms with van der Waals surface area (Å²) in [5.74, 6) is -0.663. The zero-order chi connectivity index (χ0) is 12.0. The zero-order valence-electron chi connectivity index (χ0n) is 8.25. The Labute approximate surface area is 104 Å². The number of azide groups is 1. The summed E-state index contributed by atoms with van der Waals surface area (Å²) in [4.78, 5) is 18.0. The molecular weight excluding hydrogens is 296 g/mol. The summed E-state index contributed by atoms with van der Waals surface area (Å²) in [5.41, 5.74) is 8.75. The summed E-state index contributed by atoms with van der Waals surface area (Å²) < 4.78 is 5.41. The molecule has 0 saturated heterocycles. The number of thiazole rings is 1. The maximum atomic E-state index is 11.4. The molecule has 0 atom stereocenters. The zero-order valence-corrected chi connectivity index (χ0v) is 10.7. The first-order chi connectivity index (χ1) is 7.67. The van der Waals surface area contributed by atoms with Crippen LogP contribution in [0.1, 0.15) is 12.6 Å². The van der Waals surface area contributed by atoms with Crippen molar-refractivity contribution in [3.63, 3.8) is 0 Å². The van der Waals surface area contributed by atoms with Gasteiger partial charge in [0.1, 0.15) is 5.70 Å². The third-order valence-electron chi connectivity index (χ3n) is 1.42. The Balaban J connectivity index is 2.97. The second-order valence-electron chi connectivity index (χ2n) is 2.46. The maximum absolute atomic E-state index is 11.4. The molecule has 0 bridgehead atoms. The molecular formula is C8H7BrN4O2S. The van der Waals surface area contributed by atoms with Gasteiger partial charge in [-0.1, -0.05) is 5.11 Å².